The monoisotopic (exact) mass is 452 g/mol. The molecule has 0 bridgehead atoms. The third kappa shape index (κ3) is 5.31. The fraction of sp³-hybridized carbons (Fsp3) is 0.292. The van der Waals surface area contributed by atoms with Gasteiger partial charge in [-0.3, -0.25) is 9.52 Å². The van der Waals surface area contributed by atoms with Gasteiger partial charge in [0, 0.05) is 11.1 Å². The second-order valence-corrected chi connectivity index (χ2v) is 9.89. The lowest BCUT2D eigenvalue weighted by molar-refractivity contribution is 0.0979. The van der Waals surface area contributed by atoms with Crippen molar-refractivity contribution in [1.29, 1.82) is 0 Å². The second kappa shape index (κ2) is 9.08. The summed E-state index contributed by atoms with van der Waals surface area (Å²) in [5.74, 6) is 0.429. The molecule has 0 aliphatic rings. The summed E-state index contributed by atoms with van der Waals surface area (Å²) in [6, 6.07) is 12.2. The fourth-order valence-electron chi connectivity index (χ4n) is 3.26. The number of pyridine rings is 2. The van der Waals surface area contributed by atoms with Crippen molar-refractivity contribution in [3.05, 3.63) is 70.4 Å². The fourth-order valence-corrected chi connectivity index (χ4v) is 4.03. The number of ether oxygens (including phenoxy) is 1. The van der Waals surface area contributed by atoms with Crippen molar-refractivity contribution in [3.8, 4) is 11.6 Å². The maximum Gasteiger partial charge on any atom is 0.268 e. The molecule has 3 N–H and O–H groups in total. The van der Waals surface area contributed by atoms with Gasteiger partial charge in [-0.25, -0.2) is 14.2 Å². The number of nitrogens with two attached hydrogens (primary N) is 1. The summed E-state index contributed by atoms with van der Waals surface area (Å²) >= 11 is 0. The Kier molecular flexibility index (Phi) is 6.64. The predicted molar refractivity (Wildman–Crippen MR) is 126 cm³/mol. The van der Waals surface area contributed by atoms with E-state index in [1.807, 2.05) is 53.7 Å². The number of hydrogen-bond acceptors (Lipinski definition) is 6. The Balaban J connectivity index is 2.00. The molecule has 0 saturated carbocycles. The number of carbonyl (C=O) groups excluding carboxylic acids is 1. The van der Waals surface area contributed by atoms with E-state index in [9.17, 15) is 9.00 Å². The number of aromatic nitrogens is 2. The first-order valence-corrected chi connectivity index (χ1v) is 11.3. The molecule has 2 aromatic heterocycles. The molecule has 0 aliphatic heterocycles. The molecule has 8 heteroatoms. The van der Waals surface area contributed by atoms with E-state index in [1.165, 1.54) is 6.07 Å². The highest BCUT2D eigenvalue weighted by Crippen LogP contribution is 2.32. The zero-order valence-corrected chi connectivity index (χ0v) is 20.0. The highest BCUT2D eigenvalue weighted by atomic mass is 32.2. The van der Waals surface area contributed by atoms with Crippen LogP contribution in [0.15, 0.2) is 47.5 Å². The summed E-state index contributed by atoms with van der Waals surface area (Å²) < 4.78 is 21.3. The van der Waals surface area contributed by atoms with Gasteiger partial charge in [-0.1, -0.05) is 44.5 Å². The lowest BCUT2D eigenvalue weighted by atomic mass is 9.91. The van der Waals surface area contributed by atoms with Gasteiger partial charge in [0.15, 0.2) is 16.0 Å². The summed E-state index contributed by atoms with van der Waals surface area (Å²) in [4.78, 5) is 21.7. The molecule has 0 spiro atoms. The van der Waals surface area contributed by atoms with Gasteiger partial charge in [-0.05, 0) is 56.2 Å². The lowest BCUT2D eigenvalue weighted by Gasteiger charge is -2.21. The molecule has 0 radical (unpaired) electrons. The molecular weight excluding hydrogens is 424 g/mol. The Labute approximate surface area is 191 Å². The first kappa shape index (κ1) is 23.4. The van der Waals surface area contributed by atoms with E-state index in [-0.39, 0.29) is 27.7 Å². The van der Waals surface area contributed by atoms with Crippen molar-refractivity contribution in [2.45, 2.75) is 52.0 Å². The number of amides is 1. The molecule has 168 valence electrons. The smallest absolute Gasteiger partial charge is 0.268 e. The highest BCUT2D eigenvalue weighted by molar-refractivity contribution is 7.83. The molecular formula is C24H28N4O3S. The number of carbonyl (C=O) groups is 1. The first-order chi connectivity index (χ1) is 15.0. The quantitative estimate of drug-likeness (QED) is 0.589. The largest absolute Gasteiger partial charge is 0.438 e. The topological polar surface area (TPSA) is 107 Å². The van der Waals surface area contributed by atoms with Crippen molar-refractivity contribution in [2.75, 3.05) is 5.73 Å². The van der Waals surface area contributed by atoms with Gasteiger partial charge < -0.3 is 10.5 Å². The van der Waals surface area contributed by atoms with E-state index >= 15 is 0 Å². The molecule has 3 rings (SSSR count). The summed E-state index contributed by atoms with van der Waals surface area (Å²) in [6.45, 7) is 12.0. The van der Waals surface area contributed by atoms with Crippen LogP contribution in [0.1, 0.15) is 53.5 Å². The number of nitrogens with one attached hydrogen (secondary N) is 1. The van der Waals surface area contributed by atoms with Gasteiger partial charge in [0.25, 0.3) is 5.91 Å². The maximum atomic E-state index is 13.0. The first-order valence-electron chi connectivity index (χ1n) is 10.2. The van der Waals surface area contributed by atoms with Crippen LogP contribution in [0.2, 0.25) is 0 Å². The highest BCUT2D eigenvalue weighted by Gasteiger charge is 2.23. The average molecular weight is 453 g/mol. The molecule has 32 heavy (non-hydrogen) atoms. The summed E-state index contributed by atoms with van der Waals surface area (Å²) in [6.07, 6.45) is 0. The second-order valence-electron chi connectivity index (χ2n) is 8.73. The molecule has 3 aromatic rings. The number of hydrogen-bond donors (Lipinski definition) is 2. The van der Waals surface area contributed by atoms with Crippen LogP contribution in [0.3, 0.4) is 0 Å². The lowest BCUT2D eigenvalue weighted by Crippen LogP contribution is -2.27. The van der Waals surface area contributed by atoms with Crippen LogP contribution in [-0.4, -0.2) is 20.1 Å². The molecule has 7 nitrogen and oxygen atoms in total. The zero-order valence-electron chi connectivity index (χ0n) is 19.1. The van der Waals surface area contributed by atoms with E-state index in [0.29, 0.717) is 5.75 Å². The van der Waals surface area contributed by atoms with Gasteiger partial charge in [-0.15, -0.1) is 0 Å². The molecule has 1 aromatic carbocycles. The van der Waals surface area contributed by atoms with Crippen molar-refractivity contribution in [1.82, 2.24) is 14.7 Å². The molecule has 2 heterocycles. The average Bonchev–Trinajstić information content (AvgIpc) is 2.69. The predicted octanol–water partition coefficient (Wildman–Crippen LogP) is 4.53. The van der Waals surface area contributed by atoms with Crippen molar-refractivity contribution >= 4 is 22.7 Å². The molecule has 0 saturated heterocycles. The van der Waals surface area contributed by atoms with E-state index in [4.69, 9.17) is 10.5 Å². The van der Waals surface area contributed by atoms with Crippen LogP contribution in [-0.2, 0) is 16.4 Å². The number of benzene rings is 1. The van der Waals surface area contributed by atoms with Crippen LogP contribution in [0.5, 0.6) is 11.6 Å². The SMILES string of the molecule is Cc1cc(C)c(Oc2nc(C(C)(C)C)ccc2C(=O)NS(=O)c2cccc(N)n2)c(C)c1. The number of aryl methyl sites for hydroxylation is 3. The number of rotatable bonds is 5. The number of nitrogen functional groups attached to an aromatic ring is 1. The van der Waals surface area contributed by atoms with E-state index in [1.54, 1.807) is 24.3 Å². The number of anilines is 1. The van der Waals surface area contributed by atoms with Crippen LogP contribution >= 0.6 is 0 Å². The Morgan fingerprint density at radius 2 is 1.69 bits per heavy atom. The minimum absolute atomic E-state index is 0.155. The maximum absolute atomic E-state index is 13.0. The third-order valence-electron chi connectivity index (χ3n) is 4.80. The summed E-state index contributed by atoms with van der Waals surface area (Å²) in [7, 11) is -1.89. The van der Waals surface area contributed by atoms with Crippen LogP contribution in [0.4, 0.5) is 5.82 Å². The van der Waals surface area contributed by atoms with Gasteiger partial charge >= 0.3 is 0 Å². The van der Waals surface area contributed by atoms with Gasteiger partial charge in [0.1, 0.15) is 17.1 Å². The van der Waals surface area contributed by atoms with Gasteiger partial charge in [-0.2, -0.15) is 0 Å². The number of nitrogens with zero attached hydrogens (tertiary/aromatic N) is 2. The van der Waals surface area contributed by atoms with Crippen LogP contribution in [0.25, 0.3) is 0 Å². The normalized spacial score (nSPS) is 12.3. The summed E-state index contributed by atoms with van der Waals surface area (Å²) in [5, 5.41) is 0.158. The van der Waals surface area contributed by atoms with Crippen molar-refractivity contribution in [2.24, 2.45) is 0 Å². The van der Waals surface area contributed by atoms with E-state index in [2.05, 4.69) is 14.7 Å². The molecule has 1 unspecified atom stereocenters. The van der Waals surface area contributed by atoms with Gasteiger partial charge in [0.05, 0.1) is 0 Å². The summed E-state index contributed by atoms with van der Waals surface area (Å²) in [5.41, 5.74) is 9.34. The molecule has 1 atom stereocenters. The Bertz CT molecular complexity index is 1180. The molecule has 1 amide bonds. The van der Waals surface area contributed by atoms with Crippen molar-refractivity contribution < 1.29 is 13.7 Å². The van der Waals surface area contributed by atoms with E-state index in [0.717, 1.165) is 22.4 Å². The Morgan fingerprint density at radius 1 is 1.03 bits per heavy atom. The third-order valence-corrected chi connectivity index (χ3v) is 5.78. The van der Waals surface area contributed by atoms with Gasteiger partial charge in [0.2, 0.25) is 5.88 Å². The minimum Gasteiger partial charge on any atom is -0.438 e. The van der Waals surface area contributed by atoms with Crippen LogP contribution < -0.4 is 15.2 Å². The van der Waals surface area contributed by atoms with Crippen molar-refractivity contribution in [3.63, 3.8) is 0 Å². The zero-order chi connectivity index (χ0) is 23.6. The standard InChI is InChI=1S/C24H28N4O3S/c1-14-12-15(2)21(16(3)13-14)31-23-17(10-11-18(26-23)24(4,5)6)22(29)28-32(30)20-9-7-8-19(25)27-20/h7-13H,1-6H3,(H2,25,27)(H,28,29). The molecule has 0 aliphatic carbocycles. The Morgan fingerprint density at radius 3 is 2.28 bits per heavy atom. The molecule has 0 fully saturated rings. The minimum atomic E-state index is -1.89. The Hall–Kier alpha value is -3.26. The van der Waals surface area contributed by atoms with E-state index < -0.39 is 16.9 Å². The van der Waals surface area contributed by atoms with Crippen LogP contribution in [0, 0.1) is 20.8 Å².